The van der Waals surface area contributed by atoms with Crippen LogP contribution < -0.4 is 49.3 Å². The molecule has 8 N–H and O–H groups in total. The second-order valence-corrected chi connectivity index (χ2v) is 41.4. The summed E-state index contributed by atoms with van der Waals surface area (Å²) in [6.07, 6.45) is 5.39. The Morgan fingerprint density at radius 1 is 0.205 bits per heavy atom. The monoisotopic (exact) mass is 1780 g/mol. The predicted molar refractivity (Wildman–Crippen MR) is 522 cm³/mol. The molecule has 0 bridgehead atoms. The molecule has 12 aromatic rings. The van der Waals surface area contributed by atoms with Crippen LogP contribution in [0, 0.1) is 0 Å². The highest BCUT2D eigenvalue weighted by Gasteiger charge is 2.49. The molecule has 12 aromatic carbocycles. The standard InChI is InChI=1S/6C18H20O2.2C4H9NO/c6*1-17(2)12-18(3,13-8-10-14(19)11-9-13)15-6-4-5-7-16(15)20-17;2*1-3-6-4-2-5-1/h6*4-11,19H,12H2,1-3H3;2*5H,1-4H2/t6*18-;;/m111100../s1. The number of nitrogens with two attached hydrogens (primary N) is 2. The zero-order valence-corrected chi connectivity index (χ0v) is 80.6. The average Bonchev–Trinajstić information content (AvgIpc) is 0.773. The number of phenols is 4. The molecule has 8 aliphatic rings. The van der Waals surface area contributed by atoms with Crippen LogP contribution in [-0.4, -0.2) is 107 Å². The number of phenolic OH excluding ortho intramolecular Hbond substituents is 4. The second-order valence-electron chi connectivity index (χ2n) is 41.4. The minimum absolute atomic E-state index is 0.0527. The van der Waals surface area contributed by atoms with Crippen molar-refractivity contribution in [2.75, 3.05) is 52.6 Å². The van der Waals surface area contributed by atoms with E-state index in [1.165, 1.54) is 66.8 Å². The van der Waals surface area contributed by atoms with Gasteiger partial charge in [-0.15, -0.1) is 11.5 Å². The van der Waals surface area contributed by atoms with Crippen LogP contribution in [0.25, 0.3) is 0 Å². The van der Waals surface area contributed by atoms with Gasteiger partial charge in [0.25, 0.3) is 0 Å². The van der Waals surface area contributed by atoms with Gasteiger partial charge in [-0.2, -0.15) is 0 Å². The van der Waals surface area contributed by atoms with E-state index in [9.17, 15) is 30.6 Å². The Balaban J connectivity index is 0.000000131. The van der Waals surface area contributed by atoms with Crippen LogP contribution in [0.3, 0.4) is 0 Å². The lowest BCUT2D eigenvalue weighted by Crippen LogP contribution is -2.87. The van der Waals surface area contributed by atoms with Gasteiger partial charge in [0.05, 0.1) is 52.6 Å². The molecule has 0 spiro atoms. The van der Waals surface area contributed by atoms with E-state index in [4.69, 9.17) is 37.9 Å². The molecule has 0 radical (unpaired) electrons. The van der Waals surface area contributed by atoms with Crippen LogP contribution in [0.4, 0.5) is 0 Å². The Labute approximate surface area is 783 Å². The second kappa shape index (κ2) is 39.9. The summed E-state index contributed by atoms with van der Waals surface area (Å²) in [4.78, 5) is 0. The van der Waals surface area contributed by atoms with Crippen LogP contribution in [-0.2, 0) is 42.0 Å². The maximum absolute atomic E-state index is 11.4. The van der Waals surface area contributed by atoms with Crippen molar-refractivity contribution < 1.29 is 79.2 Å². The van der Waals surface area contributed by atoms with E-state index in [1.54, 1.807) is 72.8 Å². The molecule has 16 heteroatoms. The lowest BCUT2D eigenvalue weighted by molar-refractivity contribution is -0.670. The molecular weight excluding hydrogens is 1650 g/mol. The number of aromatic hydroxyl groups is 4. The van der Waals surface area contributed by atoms with Crippen molar-refractivity contribution in [2.24, 2.45) is 0 Å². The van der Waals surface area contributed by atoms with E-state index < -0.39 is 0 Å². The van der Waals surface area contributed by atoms with Crippen molar-refractivity contribution >= 4 is 0 Å². The van der Waals surface area contributed by atoms with Crippen LogP contribution in [0.5, 0.6) is 69.0 Å². The van der Waals surface area contributed by atoms with Gasteiger partial charge in [-0.1, -0.05) is 248 Å². The molecule has 16 nitrogen and oxygen atoms in total. The fraction of sp³-hybridized carbons (Fsp3) is 0.379. The summed E-state index contributed by atoms with van der Waals surface area (Å²) >= 11 is 0. The van der Waals surface area contributed by atoms with Crippen molar-refractivity contribution in [3.05, 3.63) is 358 Å². The molecule has 696 valence electrons. The maximum atomic E-state index is 11.4. The van der Waals surface area contributed by atoms with E-state index in [2.05, 4.69) is 196 Å². The molecule has 0 saturated carbocycles. The van der Waals surface area contributed by atoms with Crippen molar-refractivity contribution in [3.8, 4) is 69.0 Å². The predicted octanol–water partition coefficient (Wildman–Crippen LogP) is 21.5. The topological polar surface area (TPSA) is 234 Å². The highest BCUT2D eigenvalue weighted by molar-refractivity contribution is 5.57. The molecular formula is C116H138N2O14. The van der Waals surface area contributed by atoms with Crippen LogP contribution in [0.1, 0.15) is 230 Å². The minimum atomic E-state index is -0.223. The normalized spacial score (nSPS) is 23.8. The molecule has 0 aromatic heterocycles. The number of quaternary nitrogens is 2. The maximum Gasteiger partial charge on any atom is 0.124 e. The van der Waals surface area contributed by atoms with Crippen molar-refractivity contribution in [3.63, 3.8) is 0 Å². The van der Waals surface area contributed by atoms with E-state index >= 15 is 0 Å². The Kier molecular flexibility index (Phi) is 29.5. The summed E-state index contributed by atoms with van der Waals surface area (Å²) in [5.41, 5.74) is 12.4. The minimum Gasteiger partial charge on any atom is -0.872 e. The number of ether oxygens (including phenoxy) is 8. The van der Waals surface area contributed by atoms with Gasteiger partial charge in [0.2, 0.25) is 0 Å². The summed E-state index contributed by atoms with van der Waals surface area (Å²) in [6.45, 7) is 47.3. The lowest BCUT2D eigenvalue weighted by atomic mass is 9.68. The first-order valence-corrected chi connectivity index (χ1v) is 46.7. The molecule has 6 atom stereocenters. The fourth-order valence-electron chi connectivity index (χ4n) is 21.4. The van der Waals surface area contributed by atoms with Gasteiger partial charge in [0.1, 0.15) is 91.1 Å². The molecule has 20 rings (SSSR count). The number of hydrogen-bond donors (Lipinski definition) is 6. The van der Waals surface area contributed by atoms with Crippen LogP contribution in [0.15, 0.2) is 291 Å². The molecule has 132 heavy (non-hydrogen) atoms. The van der Waals surface area contributed by atoms with Crippen LogP contribution >= 0.6 is 0 Å². The first kappa shape index (κ1) is 97.6. The van der Waals surface area contributed by atoms with E-state index in [0.29, 0.717) is 23.0 Å². The Morgan fingerprint density at radius 2 is 0.348 bits per heavy atom. The van der Waals surface area contributed by atoms with Gasteiger partial charge in [0.15, 0.2) is 0 Å². The molecule has 2 saturated heterocycles. The van der Waals surface area contributed by atoms with Crippen molar-refractivity contribution in [2.45, 2.75) is 229 Å². The van der Waals surface area contributed by atoms with Crippen molar-refractivity contribution in [1.82, 2.24) is 0 Å². The smallest absolute Gasteiger partial charge is 0.124 e. The quantitative estimate of drug-likeness (QED) is 0.0909. The summed E-state index contributed by atoms with van der Waals surface area (Å²) in [5.74, 6) is 7.03. The van der Waals surface area contributed by atoms with E-state index in [0.717, 1.165) is 126 Å². The summed E-state index contributed by atoms with van der Waals surface area (Å²) in [7, 11) is 0. The van der Waals surface area contributed by atoms with E-state index in [-0.39, 0.29) is 77.6 Å². The largest absolute Gasteiger partial charge is 0.872 e. The Morgan fingerprint density at radius 3 is 0.485 bits per heavy atom. The molecule has 0 unspecified atom stereocenters. The fourth-order valence-corrected chi connectivity index (χ4v) is 21.4. The molecule has 0 aliphatic carbocycles. The zero-order chi connectivity index (χ0) is 94.8. The van der Waals surface area contributed by atoms with Gasteiger partial charge in [-0.25, -0.2) is 0 Å². The molecule has 8 aliphatic heterocycles. The summed E-state index contributed by atoms with van der Waals surface area (Å²) in [5, 5.41) is 65.3. The number of benzene rings is 12. The zero-order valence-electron chi connectivity index (χ0n) is 80.6. The first-order valence-electron chi connectivity index (χ1n) is 46.7. The number of rotatable bonds is 6. The van der Waals surface area contributed by atoms with Crippen LogP contribution in [0.2, 0.25) is 0 Å². The SMILES string of the molecule is C1COCC[NH2+]1.C1COCC[NH2+]1.CC1(C)C[C@@](C)(c2ccc(O)cc2)c2ccccc2O1.CC1(C)C[C@@](C)(c2ccc([O-])cc2)c2ccccc2O1.CC1(C)C[C@](C)(c2ccc(O)cc2)c2ccccc2O1.CC1(C)C[C@](C)(c2ccc(O)cc2)c2ccccc2O1.CC1(C)C[C@](C)(c2ccc(O)cc2)c2ccccc2O1.CC1(C)C[C@](C)(c2ccc([O-])cc2)c2ccccc2O1. The Bertz CT molecular complexity index is 4880. The van der Waals surface area contributed by atoms with E-state index in [1.807, 2.05) is 158 Å². The molecule has 8 heterocycles. The first-order chi connectivity index (χ1) is 62.4. The third-order valence-corrected chi connectivity index (χ3v) is 26.7. The number of fused-ring (bicyclic) bond motifs is 6. The van der Waals surface area contributed by atoms with Crippen molar-refractivity contribution in [1.29, 1.82) is 0 Å². The number of hydrogen-bond acceptors (Lipinski definition) is 14. The summed E-state index contributed by atoms with van der Waals surface area (Å²) < 4.78 is 46.7. The highest BCUT2D eigenvalue weighted by atomic mass is 16.5. The van der Waals surface area contributed by atoms with Gasteiger partial charge in [-0.3, -0.25) is 0 Å². The molecule has 2 fully saturated rings. The third kappa shape index (κ3) is 23.2. The van der Waals surface area contributed by atoms with Gasteiger partial charge >= 0.3 is 0 Å². The van der Waals surface area contributed by atoms with Gasteiger partial charge in [0, 0.05) is 104 Å². The molecule has 0 amide bonds. The Hall–Kier alpha value is -11.9. The third-order valence-electron chi connectivity index (χ3n) is 26.7. The highest BCUT2D eigenvalue weighted by Crippen LogP contribution is 2.56. The van der Waals surface area contributed by atoms with Gasteiger partial charge < -0.3 is 79.2 Å². The number of morpholine rings is 2. The summed E-state index contributed by atoms with van der Waals surface area (Å²) in [6, 6.07) is 93.8. The van der Waals surface area contributed by atoms with Gasteiger partial charge in [-0.05, 0) is 201 Å². The lowest BCUT2D eigenvalue weighted by Gasteiger charge is -2.44. The average molecular weight is 1780 g/mol. The number of para-hydroxylation sites is 6.